The molecule has 0 saturated heterocycles. The number of hydrogen-bond acceptors (Lipinski definition) is 7. The summed E-state index contributed by atoms with van der Waals surface area (Å²) in [5.74, 6) is 0.310. The number of likely N-dealkylation sites (N-methyl/N-ethyl adjacent to an activating group) is 1. The van der Waals surface area contributed by atoms with Gasteiger partial charge in [-0.2, -0.15) is 0 Å². The minimum Gasteiger partial charge on any atom is -0.478 e. The number of carbonyl (C=O) groups excluding carboxylic acids is 1. The minimum atomic E-state index is -0.993. The molecular formula is C24H29N5O4S. The van der Waals surface area contributed by atoms with Crippen LogP contribution in [0.4, 0.5) is 15.6 Å². The lowest BCUT2D eigenvalue weighted by Gasteiger charge is -2.13. The molecule has 1 aromatic carbocycles. The zero-order chi connectivity index (χ0) is 24.9. The van der Waals surface area contributed by atoms with Gasteiger partial charge in [0.1, 0.15) is 5.76 Å². The van der Waals surface area contributed by atoms with Crippen LogP contribution in [0.2, 0.25) is 0 Å². The minimum absolute atomic E-state index is 0.116. The van der Waals surface area contributed by atoms with Gasteiger partial charge >= 0.3 is 12.0 Å². The molecule has 0 unspecified atom stereocenters. The van der Waals surface area contributed by atoms with Crippen LogP contribution in [0, 0.1) is 0 Å². The molecule has 0 bridgehead atoms. The van der Waals surface area contributed by atoms with E-state index in [2.05, 4.69) is 41.4 Å². The maximum atomic E-state index is 12.4. The average Bonchev–Trinajstić information content (AvgIpc) is 3.40. The van der Waals surface area contributed by atoms with E-state index in [-0.39, 0.29) is 11.0 Å². The fourth-order valence-corrected chi connectivity index (χ4v) is 3.69. The molecule has 3 N–H and O–H groups in total. The van der Waals surface area contributed by atoms with Crippen LogP contribution in [-0.2, 0) is 11.8 Å². The summed E-state index contributed by atoms with van der Waals surface area (Å²) in [4.78, 5) is 35.2. The van der Waals surface area contributed by atoms with Gasteiger partial charge in [-0.3, -0.25) is 5.32 Å². The lowest BCUT2D eigenvalue weighted by Crippen LogP contribution is -2.20. The highest BCUT2D eigenvalue weighted by Gasteiger charge is 2.18. The third-order valence-corrected chi connectivity index (χ3v) is 5.70. The van der Waals surface area contributed by atoms with Crippen molar-refractivity contribution in [3.63, 3.8) is 0 Å². The van der Waals surface area contributed by atoms with Gasteiger partial charge in [0.25, 0.3) is 0 Å². The van der Waals surface area contributed by atoms with Gasteiger partial charge in [-0.05, 0) is 50.4 Å². The molecule has 2 heterocycles. The number of hydrogen-bond donors (Lipinski definition) is 3. The number of rotatable bonds is 8. The maximum Gasteiger partial charge on any atom is 0.335 e. The molecule has 0 saturated carbocycles. The lowest BCUT2D eigenvalue weighted by molar-refractivity contribution is 0.0695. The predicted octanol–water partition coefficient (Wildman–Crippen LogP) is 5.05. The third kappa shape index (κ3) is 7.00. The van der Waals surface area contributed by atoms with Crippen molar-refractivity contribution >= 4 is 46.3 Å². The van der Waals surface area contributed by atoms with Gasteiger partial charge in [0.15, 0.2) is 5.13 Å². The number of aromatic carboxylic acids is 1. The molecule has 3 rings (SSSR count). The van der Waals surface area contributed by atoms with Crippen LogP contribution in [0.3, 0.4) is 0 Å². The standard InChI is InChI=1S/C24H29N5O4S/c1-24(2,3)19-14-25-20(33-19)9-7-17-13-26-23(34-17)28-22(32)27-16-6-8-18(21(30)31)15(12-16)10-11-29(4)5/h6-9,12-14H,10-11H2,1-5H3,(H,30,31)(H2,26,27,28,32). The molecule has 0 spiro atoms. The molecule has 0 fully saturated rings. The molecule has 34 heavy (non-hydrogen) atoms. The van der Waals surface area contributed by atoms with Gasteiger partial charge in [-0.25, -0.2) is 19.6 Å². The molecule has 0 aliphatic rings. The van der Waals surface area contributed by atoms with Crippen LogP contribution in [-0.4, -0.2) is 52.6 Å². The third-order valence-electron chi connectivity index (χ3n) is 4.82. The number of amides is 2. The molecule has 2 amide bonds. The van der Waals surface area contributed by atoms with Crippen LogP contribution >= 0.6 is 11.3 Å². The first-order valence-electron chi connectivity index (χ1n) is 10.7. The Labute approximate surface area is 202 Å². The van der Waals surface area contributed by atoms with Crippen LogP contribution < -0.4 is 10.6 Å². The zero-order valence-corrected chi connectivity index (χ0v) is 20.7. The van der Waals surface area contributed by atoms with Crippen molar-refractivity contribution in [1.82, 2.24) is 14.9 Å². The lowest BCUT2D eigenvalue weighted by atomic mass is 9.94. The second kappa shape index (κ2) is 10.6. The van der Waals surface area contributed by atoms with Gasteiger partial charge < -0.3 is 19.7 Å². The van der Waals surface area contributed by atoms with Crippen molar-refractivity contribution in [3.05, 3.63) is 58.2 Å². The number of thiazole rings is 1. The Kier molecular flexibility index (Phi) is 7.85. The predicted molar refractivity (Wildman–Crippen MR) is 135 cm³/mol. The van der Waals surface area contributed by atoms with Crippen molar-refractivity contribution in [1.29, 1.82) is 0 Å². The summed E-state index contributed by atoms with van der Waals surface area (Å²) in [6, 6.07) is 4.29. The van der Waals surface area contributed by atoms with Crippen LogP contribution in [0.25, 0.3) is 12.2 Å². The first-order chi connectivity index (χ1) is 16.0. The second-order valence-corrected chi connectivity index (χ2v) is 10.1. The molecule has 0 aliphatic heterocycles. The van der Waals surface area contributed by atoms with E-state index in [1.165, 1.54) is 17.4 Å². The van der Waals surface area contributed by atoms with Crippen molar-refractivity contribution < 1.29 is 19.1 Å². The highest BCUT2D eigenvalue weighted by Crippen LogP contribution is 2.25. The highest BCUT2D eigenvalue weighted by atomic mass is 32.1. The number of carboxylic acids is 1. The van der Waals surface area contributed by atoms with E-state index >= 15 is 0 Å². The largest absolute Gasteiger partial charge is 0.478 e. The summed E-state index contributed by atoms with van der Waals surface area (Å²) in [6.45, 7) is 6.85. The summed E-state index contributed by atoms with van der Waals surface area (Å²) in [5.41, 5.74) is 1.27. The molecule has 0 aliphatic carbocycles. The zero-order valence-electron chi connectivity index (χ0n) is 19.9. The fraction of sp³-hybridized carbons (Fsp3) is 0.333. The molecular weight excluding hydrogens is 454 g/mol. The average molecular weight is 484 g/mol. The SMILES string of the molecule is CN(C)CCc1cc(NC(=O)Nc2ncc(C=Cc3ncc(C(C)(C)C)o3)s2)ccc1C(=O)O. The van der Waals surface area contributed by atoms with Gasteiger partial charge in [-0.15, -0.1) is 0 Å². The summed E-state index contributed by atoms with van der Waals surface area (Å²) in [6.07, 6.45) is 7.49. The first kappa shape index (κ1) is 25.1. The molecule has 0 atom stereocenters. The number of nitrogens with one attached hydrogen (secondary N) is 2. The first-order valence-corrected chi connectivity index (χ1v) is 11.5. The number of oxazole rings is 1. The number of anilines is 2. The molecule has 2 aromatic heterocycles. The van der Waals surface area contributed by atoms with Crippen LogP contribution in [0.5, 0.6) is 0 Å². The van der Waals surface area contributed by atoms with Crippen LogP contribution in [0.1, 0.15) is 53.2 Å². The number of urea groups is 1. The number of carbonyl (C=O) groups is 2. The van der Waals surface area contributed by atoms with Gasteiger partial charge in [0.05, 0.1) is 11.8 Å². The summed E-state index contributed by atoms with van der Waals surface area (Å²) in [7, 11) is 3.84. The highest BCUT2D eigenvalue weighted by molar-refractivity contribution is 7.16. The van der Waals surface area contributed by atoms with E-state index in [4.69, 9.17) is 4.42 Å². The van der Waals surface area contributed by atoms with Crippen molar-refractivity contribution in [3.8, 4) is 0 Å². The van der Waals surface area contributed by atoms with Crippen molar-refractivity contribution in [2.24, 2.45) is 0 Å². The molecule has 0 radical (unpaired) electrons. The number of aromatic nitrogens is 2. The summed E-state index contributed by atoms with van der Waals surface area (Å²) >= 11 is 1.30. The second-order valence-electron chi connectivity index (χ2n) is 9.02. The van der Waals surface area contributed by atoms with E-state index < -0.39 is 12.0 Å². The Morgan fingerprint density at radius 1 is 1.15 bits per heavy atom. The summed E-state index contributed by atoms with van der Waals surface area (Å²) < 4.78 is 5.74. The Bertz CT molecular complexity index is 1190. The van der Waals surface area contributed by atoms with E-state index in [0.29, 0.717) is 35.2 Å². The monoisotopic (exact) mass is 483 g/mol. The molecule has 3 aromatic rings. The van der Waals surface area contributed by atoms with Gasteiger partial charge in [-0.1, -0.05) is 32.1 Å². The Morgan fingerprint density at radius 2 is 1.91 bits per heavy atom. The van der Waals surface area contributed by atoms with E-state index in [1.807, 2.05) is 25.1 Å². The van der Waals surface area contributed by atoms with Gasteiger partial charge in [0, 0.05) is 34.8 Å². The Balaban J connectivity index is 1.62. The van der Waals surface area contributed by atoms with Gasteiger partial charge in [0.2, 0.25) is 5.89 Å². The molecule has 10 heteroatoms. The Morgan fingerprint density at radius 3 is 2.56 bits per heavy atom. The fourth-order valence-electron chi connectivity index (χ4n) is 2.98. The van der Waals surface area contributed by atoms with E-state index in [1.54, 1.807) is 30.6 Å². The number of carboxylic acid groups (broad SMARTS) is 1. The van der Waals surface area contributed by atoms with Crippen molar-refractivity contribution in [2.75, 3.05) is 31.3 Å². The summed E-state index contributed by atoms with van der Waals surface area (Å²) in [5, 5.41) is 15.3. The topological polar surface area (TPSA) is 121 Å². The normalized spacial score (nSPS) is 11.8. The maximum absolute atomic E-state index is 12.4. The Hall–Kier alpha value is -3.50. The van der Waals surface area contributed by atoms with E-state index in [0.717, 1.165) is 10.6 Å². The number of nitrogens with zero attached hydrogens (tertiary/aromatic N) is 3. The number of benzene rings is 1. The van der Waals surface area contributed by atoms with E-state index in [9.17, 15) is 14.7 Å². The molecule has 180 valence electrons. The molecule has 9 nitrogen and oxygen atoms in total. The van der Waals surface area contributed by atoms with Crippen molar-refractivity contribution in [2.45, 2.75) is 32.6 Å². The smallest absolute Gasteiger partial charge is 0.335 e. The van der Waals surface area contributed by atoms with Crippen LogP contribution in [0.15, 0.2) is 35.0 Å². The quantitative estimate of drug-likeness (QED) is 0.410.